The molecule has 0 atom stereocenters. The minimum absolute atomic E-state index is 1.12. The van der Waals surface area contributed by atoms with Gasteiger partial charge in [0.15, 0.2) is 0 Å². The molecule has 1 heteroatoms. The monoisotopic (exact) mass is 259 g/mol. The molecule has 0 saturated heterocycles. The molecule has 0 spiro atoms. The van der Waals surface area contributed by atoms with Crippen LogP contribution in [0.3, 0.4) is 0 Å². The third-order valence-electron chi connectivity index (χ3n) is 2.37. The number of hydrogen-bond acceptors (Lipinski definition) is 0. The van der Waals surface area contributed by atoms with Crippen LogP contribution in [0.4, 0.5) is 0 Å². The van der Waals surface area contributed by atoms with Crippen LogP contribution in [-0.4, -0.2) is 0 Å². The summed E-state index contributed by atoms with van der Waals surface area (Å²) in [6.07, 6.45) is 0. The predicted molar refractivity (Wildman–Crippen MR) is 67.9 cm³/mol. The Kier molecular flexibility index (Phi) is 2.92. The Morgan fingerprint density at radius 2 is 1.73 bits per heavy atom. The Morgan fingerprint density at radius 3 is 2.47 bits per heavy atom. The minimum Gasteiger partial charge on any atom is -0.0587 e. The summed E-state index contributed by atoms with van der Waals surface area (Å²) in [4.78, 5) is 0. The van der Waals surface area contributed by atoms with E-state index in [1.54, 1.807) is 0 Å². The van der Waals surface area contributed by atoms with Gasteiger partial charge >= 0.3 is 0 Å². The molecule has 75 valence electrons. The summed E-state index contributed by atoms with van der Waals surface area (Å²) in [5, 5.41) is 0. The van der Waals surface area contributed by atoms with Crippen molar-refractivity contribution in [2.24, 2.45) is 0 Å². The Labute approximate surface area is 99.1 Å². The molecule has 0 aromatic heterocycles. The van der Waals surface area contributed by atoms with Crippen LogP contribution in [0.15, 0.2) is 40.9 Å². The molecule has 0 saturated carbocycles. The Hall–Kier alpha value is -1.08. The van der Waals surface area contributed by atoms with Crippen molar-refractivity contribution in [2.45, 2.75) is 13.8 Å². The van der Waals surface area contributed by atoms with Gasteiger partial charge in [0.2, 0.25) is 0 Å². The van der Waals surface area contributed by atoms with Crippen LogP contribution >= 0.6 is 15.9 Å². The Morgan fingerprint density at radius 1 is 1.00 bits per heavy atom. The molecule has 0 N–H and O–H groups in total. The lowest BCUT2D eigenvalue weighted by Crippen LogP contribution is -1.83. The van der Waals surface area contributed by atoms with Gasteiger partial charge < -0.3 is 0 Å². The average Bonchev–Trinajstić information content (AvgIpc) is 2.22. The molecular weight excluding hydrogens is 248 g/mol. The van der Waals surface area contributed by atoms with E-state index < -0.39 is 0 Å². The van der Waals surface area contributed by atoms with Crippen LogP contribution in [0.1, 0.15) is 11.1 Å². The smallest absolute Gasteiger partial charge is 0.0254 e. The van der Waals surface area contributed by atoms with Gasteiger partial charge in [0, 0.05) is 4.47 Å². The SMILES string of the molecule is Cc1cc[c]c(-c2cc(C)ccc2Br)c1. The first-order valence-corrected chi connectivity index (χ1v) is 5.71. The van der Waals surface area contributed by atoms with Crippen molar-refractivity contribution in [3.05, 3.63) is 58.1 Å². The van der Waals surface area contributed by atoms with E-state index in [-0.39, 0.29) is 0 Å². The topological polar surface area (TPSA) is 0 Å². The first-order valence-electron chi connectivity index (χ1n) is 4.92. The molecule has 0 bridgehead atoms. The summed E-state index contributed by atoms with van der Waals surface area (Å²) in [7, 11) is 0. The van der Waals surface area contributed by atoms with Gasteiger partial charge in [0.25, 0.3) is 0 Å². The second-order valence-electron chi connectivity index (χ2n) is 3.76. The third-order valence-corrected chi connectivity index (χ3v) is 3.06. The molecule has 0 aliphatic heterocycles. The van der Waals surface area contributed by atoms with E-state index in [1.165, 1.54) is 16.7 Å². The van der Waals surface area contributed by atoms with Gasteiger partial charge in [-0.3, -0.25) is 0 Å². The van der Waals surface area contributed by atoms with Gasteiger partial charge in [-0.25, -0.2) is 0 Å². The third kappa shape index (κ3) is 2.29. The highest BCUT2D eigenvalue weighted by molar-refractivity contribution is 9.10. The van der Waals surface area contributed by atoms with Crippen molar-refractivity contribution in [1.82, 2.24) is 0 Å². The highest BCUT2D eigenvalue weighted by Crippen LogP contribution is 2.29. The highest BCUT2D eigenvalue weighted by Gasteiger charge is 2.03. The van der Waals surface area contributed by atoms with E-state index in [1.807, 2.05) is 6.07 Å². The van der Waals surface area contributed by atoms with E-state index in [4.69, 9.17) is 0 Å². The first-order chi connectivity index (χ1) is 7.16. The van der Waals surface area contributed by atoms with Gasteiger partial charge in [-0.1, -0.05) is 57.4 Å². The summed E-state index contributed by atoms with van der Waals surface area (Å²) < 4.78 is 1.12. The fourth-order valence-corrected chi connectivity index (χ4v) is 2.04. The summed E-state index contributed by atoms with van der Waals surface area (Å²) in [6, 6.07) is 15.8. The normalized spacial score (nSPS) is 10.3. The van der Waals surface area contributed by atoms with Crippen LogP contribution in [-0.2, 0) is 0 Å². The van der Waals surface area contributed by atoms with E-state index in [0.29, 0.717) is 0 Å². The van der Waals surface area contributed by atoms with E-state index in [9.17, 15) is 0 Å². The fourth-order valence-electron chi connectivity index (χ4n) is 1.58. The summed E-state index contributed by atoms with van der Waals surface area (Å²) in [5.41, 5.74) is 4.88. The highest BCUT2D eigenvalue weighted by atomic mass is 79.9. The fraction of sp³-hybridized carbons (Fsp3) is 0.143. The molecule has 0 nitrogen and oxygen atoms in total. The molecule has 0 amide bonds. The molecule has 15 heavy (non-hydrogen) atoms. The summed E-state index contributed by atoms with van der Waals surface area (Å²) in [5.74, 6) is 0. The molecule has 0 fully saturated rings. The molecule has 0 heterocycles. The minimum atomic E-state index is 1.12. The van der Waals surface area contributed by atoms with Crippen LogP contribution in [0, 0.1) is 19.9 Å². The lowest BCUT2D eigenvalue weighted by Gasteiger charge is -2.06. The van der Waals surface area contributed by atoms with Crippen molar-refractivity contribution in [2.75, 3.05) is 0 Å². The van der Waals surface area contributed by atoms with Crippen molar-refractivity contribution in [3.63, 3.8) is 0 Å². The first kappa shape index (κ1) is 10.4. The quantitative estimate of drug-likeness (QED) is 0.706. The van der Waals surface area contributed by atoms with Gasteiger partial charge in [0.05, 0.1) is 0 Å². The van der Waals surface area contributed by atoms with E-state index >= 15 is 0 Å². The van der Waals surface area contributed by atoms with Gasteiger partial charge in [-0.2, -0.15) is 0 Å². The number of halogens is 1. The van der Waals surface area contributed by atoms with Gasteiger partial charge in [-0.05, 0) is 37.1 Å². The van der Waals surface area contributed by atoms with Crippen LogP contribution in [0.2, 0.25) is 0 Å². The maximum absolute atomic E-state index is 3.57. The van der Waals surface area contributed by atoms with Crippen LogP contribution in [0.5, 0.6) is 0 Å². The number of aryl methyl sites for hydroxylation is 2. The molecule has 2 aromatic rings. The molecule has 2 rings (SSSR count). The van der Waals surface area contributed by atoms with Crippen molar-refractivity contribution in [1.29, 1.82) is 0 Å². The zero-order valence-corrected chi connectivity index (χ0v) is 10.4. The molecular formula is C14H12Br. The standard InChI is InChI=1S/C14H12Br/c1-10-4-3-5-12(8-10)13-9-11(2)6-7-14(13)15/h3-4,6-9H,1-2H3. The van der Waals surface area contributed by atoms with Crippen molar-refractivity contribution >= 4 is 15.9 Å². The Balaban J connectivity index is 2.58. The lowest BCUT2D eigenvalue weighted by atomic mass is 10.0. The second-order valence-corrected chi connectivity index (χ2v) is 4.62. The van der Waals surface area contributed by atoms with Gasteiger partial charge in [-0.15, -0.1) is 0 Å². The molecule has 0 aliphatic rings. The Bertz CT molecular complexity index is 486. The van der Waals surface area contributed by atoms with E-state index in [0.717, 1.165) is 10.0 Å². The lowest BCUT2D eigenvalue weighted by molar-refractivity contribution is 1.42. The van der Waals surface area contributed by atoms with Crippen LogP contribution < -0.4 is 0 Å². The number of hydrogen-bond donors (Lipinski definition) is 0. The van der Waals surface area contributed by atoms with Gasteiger partial charge in [0.1, 0.15) is 0 Å². The summed E-state index contributed by atoms with van der Waals surface area (Å²) in [6.45, 7) is 4.20. The molecule has 1 radical (unpaired) electrons. The maximum Gasteiger partial charge on any atom is 0.0254 e. The maximum atomic E-state index is 3.57. The van der Waals surface area contributed by atoms with Crippen molar-refractivity contribution < 1.29 is 0 Å². The van der Waals surface area contributed by atoms with Crippen LogP contribution in [0.25, 0.3) is 11.1 Å². The summed E-state index contributed by atoms with van der Waals surface area (Å²) >= 11 is 3.57. The number of benzene rings is 2. The second kappa shape index (κ2) is 4.19. The molecule has 2 aromatic carbocycles. The largest absolute Gasteiger partial charge is 0.0587 e. The zero-order chi connectivity index (χ0) is 10.8. The zero-order valence-electron chi connectivity index (χ0n) is 8.84. The van der Waals surface area contributed by atoms with E-state index in [2.05, 4.69) is 66.2 Å². The number of rotatable bonds is 1. The predicted octanol–water partition coefficient (Wildman–Crippen LogP) is 4.53. The molecule has 0 aliphatic carbocycles. The van der Waals surface area contributed by atoms with Crippen molar-refractivity contribution in [3.8, 4) is 11.1 Å². The molecule has 0 unspecified atom stereocenters. The average molecular weight is 260 g/mol.